The number of halogens is 3. The first kappa shape index (κ1) is 29.7. The molecular weight excluding hydrogens is 531 g/mol. The summed E-state index contributed by atoms with van der Waals surface area (Å²) in [6, 6.07) is 14.8. The third kappa shape index (κ3) is 7.09. The zero-order valence-electron chi connectivity index (χ0n) is 23.7. The Morgan fingerprint density at radius 3 is 2.51 bits per heavy atom. The molecule has 0 fully saturated rings. The molecule has 10 heteroatoms. The highest BCUT2D eigenvalue weighted by molar-refractivity contribution is 5.87. The third-order valence-electron chi connectivity index (χ3n) is 6.92. The Hall–Kier alpha value is -4.26. The summed E-state index contributed by atoms with van der Waals surface area (Å²) in [6.07, 6.45) is 1.81. The Morgan fingerprint density at radius 1 is 1.15 bits per heavy atom. The van der Waals surface area contributed by atoms with Crippen molar-refractivity contribution in [2.75, 3.05) is 22.9 Å². The van der Waals surface area contributed by atoms with E-state index in [0.29, 0.717) is 38.2 Å². The number of benzene rings is 2. The van der Waals surface area contributed by atoms with Gasteiger partial charge in [0.1, 0.15) is 5.60 Å². The van der Waals surface area contributed by atoms with Crippen LogP contribution in [0, 0.1) is 11.3 Å². The van der Waals surface area contributed by atoms with Crippen LogP contribution in [0.4, 0.5) is 29.3 Å². The number of nitriles is 1. The Balaban J connectivity index is 1.50. The van der Waals surface area contributed by atoms with Crippen molar-refractivity contribution >= 4 is 23.0 Å². The second kappa shape index (κ2) is 12.1. The van der Waals surface area contributed by atoms with Gasteiger partial charge in [0, 0.05) is 37.1 Å². The van der Waals surface area contributed by atoms with Crippen molar-refractivity contribution in [1.29, 1.82) is 5.26 Å². The molecule has 0 N–H and O–H groups in total. The van der Waals surface area contributed by atoms with Gasteiger partial charge in [-0.3, -0.25) is 4.90 Å². The number of hydrogen-bond acceptors (Lipinski definition) is 5. The van der Waals surface area contributed by atoms with Crippen molar-refractivity contribution < 1.29 is 22.7 Å². The largest absolute Gasteiger partial charge is 0.443 e. The summed E-state index contributed by atoms with van der Waals surface area (Å²) in [5, 5.41) is 9.16. The number of amides is 1. The molecule has 7 nitrogen and oxygen atoms in total. The zero-order valence-corrected chi connectivity index (χ0v) is 23.7. The van der Waals surface area contributed by atoms with E-state index in [1.54, 1.807) is 29.6 Å². The molecule has 0 saturated heterocycles. The van der Waals surface area contributed by atoms with Gasteiger partial charge in [-0.2, -0.15) is 18.4 Å². The third-order valence-corrected chi connectivity index (χ3v) is 6.92. The Kier molecular flexibility index (Phi) is 8.76. The standard InChI is InChI=1S/C31H34F3N5O2/c1-5-38(26-14-12-23(19-35)27(18-26)31(32,33)34)25-13-11-22(17-25)28-20-36-21-37(28)15-16-39(24-9-7-6-8-10-24)29(40)41-30(2,3)4/h6-12,14,18,20-21,25H,5,13,15-17H2,1-4H3. The molecule has 1 aliphatic rings. The van der Waals surface area contributed by atoms with Crippen LogP contribution in [0.15, 0.2) is 67.1 Å². The number of rotatable bonds is 8. The van der Waals surface area contributed by atoms with Gasteiger partial charge >= 0.3 is 12.3 Å². The fraction of sp³-hybridized carbons (Fsp3) is 0.387. The summed E-state index contributed by atoms with van der Waals surface area (Å²) < 4.78 is 48.4. The number of nitrogens with zero attached hydrogens (tertiary/aromatic N) is 5. The molecule has 1 atom stereocenters. The number of alkyl halides is 3. The smallest absolute Gasteiger partial charge is 0.417 e. The fourth-order valence-corrected chi connectivity index (χ4v) is 5.06. The molecule has 0 bridgehead atoms. The van der Waals surface area contributed by atoms with E-state index in [4.69, 9.17) is 10.00 Å². The van der Waals surface area contributed by atoms with Crippen LogP contribution in [-0.2, 0) is 17.5 Å². The van der Waals surface area contributed by atoms with Crippen molar-refractivity contribution in [3.63, 3.8) is 0 Å². The maximum absolute atomic E-state index is 13.6. The Morgan fingerprint density at radius 2 is 1.88 bits per heavy atom. The van der Waals surface area contributed by atoms with Gasteiger partial charge in [-0.1, -0.05) is 24.3 Å². The topological polar surface area (TPSA) is 74.4 Å². The zero-order chi connectivity index (χ0) is 29.8. The van der Waals surface area contributed by atoms with E-state index in [1.807, 2.05) is 67.5 Å². The van der Waals surface area contributed by atoms with Gasteiger partial charge in [0.25, 0.3) is 0 Å². The minimum absolute atomic E-state index is 0.0463. The highest BCUT2D eigenvalue weighted by atomic mass is 19.4. The lowest BCUT2D eigenvalue weighted by atomic mass is 10.0. The van der Waals surface area contributed by atoms with E-state index in [-0.39, 0.29) is 11.6 Å². The molecule has 0 aliphatic heterocycles. The first-order chi connectivity index (χ1) is 19.4. The molecular formula is C31H34F3N5O2. The lowest BCUT2D eigenvalue weighted by molar-refractivity contribution is -0.137. The van der Waals surface area contributed by atoms with Crippen molar-refractivity contribution in [3.8, 4) is 6.07 Å². The van der Waals surface area contributed by atoms with Crippen LogP contribution in [0.5, 0.6) is 0 Å². The van der Waals surface area contributed by atoms with Crippen molar-refractivity contribution in [1.82, 2.24) is 9.55 Å². The van der Waals surface area contributed by atoms with Gasteiger partial charge < -0.3 is 14.2 Å². The highest BCUT2D eigenvalue weighted by Gasteiger charge is 2.35. The van der Waals surface area contributed by atoms with Crippen LogP contribution in [0.1, 0.15) is 57.4 Å². The van der Waals surface area contributed by atoms with Gasteiger partial charge in [-0.05, 0) is 76.4 Å². The van der Waals surface area contributed by atoms with Crippen LogP contribution in [0.2, 0.25) is 0 Å². The first-order valence-electron chi connectivity index (χ1n) is 13.5. The van der Waals surface area contributed by atoms with Crippen LogP contribution >= 0.6 is 0 Å². The van der Waals surface area contributed by atoms with Gasteiger partial charge in [-0.25, -0.2) is 9.78 Å². The van der Waals surface area contributed by atoms with Gasteiger partial charge in [-0.15, -0.1) is 0 Å². The number of carbonyl (C=O) groups is 1. The lowest BCUT2D eigenvalue weighted by Gasteiger charge is -2.31. The molecule has 0 spiro atoms. The maximum Gasteiger partial charge on any atom is 0.417 e. The molecule has 216 valence electrons. The minimum atomic E-state index is -4.61. The molecule has 1 heterocycles. The van der Waals surface area contributed by atoms with Crippen molar-refractivity contribution in [2.24, 2.45) is 0 Å². The predicted molar refractivity (Wildman–Crippen MR) is 152 cm³/mol. The SMILES string of the molecule is CCN(c1ccc(C#N)c(C(F)(F)F)c1)C1CC=C(c2cncn2CCN(C(=O)OC(C)(C)C)c2ccccc2)C1. The Labute approximate surface area is 238 Å². The van der Waals surface area contributed by atoms with E-state index in [1.165, 1.54) is 6.07 Å². The van der Waals surface area contributed by atoms with Crippen LogP contribution in [0.3, 0.4) is 0 Å². The summed E-state index contributed by atoms with van der Waals surface area (Å²) in [5.41, 5.74) is 1.14. The average Bonchev–Trinajstić information content (AvgIpc) is 3.58. The molecule has 1 aromatic heterocycles. The molecule has 4 rings (SSSR count). The molecule has 0 saturated carbocycles. The number of imidazole rings is 1. The predicted octanol–water partition coefficient (Wildman–Crippen LogP) is 7.29. The van der Waals surface area contributed by atoms with Crippen LogP contribution in [-0.4, -0.2) is 40.4 Å². The number of ether oxygens (including phenoxy) is 1. The van der Waals surface area contributed by atoms with Gasteiger partial charge in [0.2, 0.25) is 0 Å². The van der Waals surface area contributed by atoms with Crippen molar-refractivity contribution in [3.05, 3.63) is 84.0 Å². The number of para-hydroxylation sites is 1. The first-order valence-corrected chi connectivity index (χ1v) is 13.5. The highest BCUT2D eigenvalue weighted by Crippen LogP contribution is 2.37. The number of anilines is 2. The molecule has 41 heavy (non-hydrogen) atoms. The van der Waals surface area contributed by atoms with Crippen molar-refractivity contribution in [2.45, 2.75) is 64.9 Å². The summed E-state index contributed by atoms with van der Waals surface area (Å²) in [5.74, 6) is 0. The number of carbonyl (C=O) groups excluding carboxylic acids is 1. The second-order valence-corrected chi connectivity index (χ2v) is 10.9. The number of aromatic nitrogens is 2. The summed E-state index contributed by atoms with van der Waals surface area (Å²) in [6.45, 7) is 8.71. The molecule has 1 aliphatic carbocycles. The maximum atomic E-state index is 13.6. The quantitative estimate of drug-likeness (QED) is 0.287. The molecule has 2 aromatic carbocycles. The van der Waals surface area contributed by atoms with Crippen LogP contribution in [0.25, 0.3) is 5.57 Å². The molecule has 3 aromatic rings. The van der Waals surface area contributed by atoms with E-state index in [9.17, 15) is 18.0 Å². The van der Waals surface area contributed by atoms with E-state index in [0.717, 1.165) is 23.0 Å². The summed E-state index contributed by atoms with van der Waals surface area (Å²) >= 11 is 0. The minimum Gasteiger partial charge on any atom is -0.443 e. The van der Waals surface area contributed by atoms with E-state index >= 15 is 0 Å². The number of hydrogen-bond donors (Lipinski definition) is 0. The van der Waals surface area contributed by atoms with Crippen LogP contribution < -0.4 is 9.80 Å². The molecule has 1 unspecified atom stereocenters. The normalized spacial score (nSPS) is 15.3. The van der Waals surface area contributed by atoms with E-state index < -0.39 is 23.4 Å². The lowest BCUT2D eigenvalue weighted by Crippen LogP contribution is -2.38. The van der Waals surface area contributed by atoms with E-state index in [2.05, 4.69) is 11.1 Å². The average molecular weight is 566 g/mol. The second-order valence-electron chi connectivity index (χ2n) is 10.9. The summed E-state index contributed by atoms with van der Waals surface area (Å²) in [4.78, 5) is 20.9. The van der Waals surface area contributed by atoms with Gasteiger partial charge in [0.05, 0.1) is 35.4 Å². The molecule has 1 amide bonds. The fourth-order valence-electron chi connectivity index (χ4n) is 5.06. The van der Waals surface area contributed by atoms with Gasteiger partial charge in [0.15, 0.2) is 0 Å². The summed E-state index contributed by atoms with van der Waals surface area (Å²) in [7, 11) is 0. The monoisotopic (exact) mass is 565 g/mol. The Bertz CT molecular complexity index is 1430. The molecule has 0 radical (unpaired) electrons.